The minimum Gasteiger partial charge on any atom is -0.493 e. The molecule has 0 bridgehead atoms. The van der Waals surface area contributed by atoms with Crippen LogP contribution in [-0.4, -0.2) is 26.2 Å². The van der Waals surface area contributed by atoms with Gasteiger partial charge >= 0.3 is 5.97 Å². The van der Waals surface area contributed by atoms with Gasteiger partial charge in [-0.05, 0) is 0 Å². The molecule has 0 aliphatic rings. The number of carbonyl (C=O) groups is 1. The molecule has 0 saturated heterocycles. The lowest BCUT2D eigenvalue weighted by molar-refractivity contribution is -0.137. The predicted molar refractivity (Wildman–Crippen MR) is 42.5 cm³/mol. The molecule has 1 heterocycles. The molecule has 0 aliphatic carbocycles. The van der Waals surface area contributed by atoms with E-state index in [1.54, 1.807) is 0 Å². The van der Waals surface area contributed by atoms with Gasteiger partial charge in [0.1, 0.15) is 5.82 Å². The Kier molecular flexibility index (Phi) is 2.63. The summed E-state index contributed by atoms with van der Waals surface area (Å²) in [5.74, 6) is -1.21. The maximum Gasteiger partial charge on any atom is 0.303 e. The average molecular weight is 184 g/mol. The van der Waals surface area contributed by atoms with Gasteiger partial charge in [-0.3, -0.25) is 9.59 Å². The zero-order valence-corrected chi connectivity index (χ0v) is 6.65. The van der Waals surface area contributed by atoms with Crippen LogP contribution in [0.4, 0.5) is 0 Å². The van der Waals surface area contributed by atoms with Crippen LogP contribution >= 0.6 is 0 Å². The Morgan fingerprint density at radius 1 is 1.62 bits per heavy atom. The molecular formula is C7H8N2O4. The molecule has 0 saturated carbocycles. The second-order valence-corrected chi connectivity index (χ2v) is 2.44. The SMILES string of the molecule is O=C(O)CCc1nc(O)cc(=O)[nH]1. The average Bonchev–Trinajstić information content (AvgIpc) is 1.99. The quantitative estimate of drug-likeness (QED) is 0.587. The van der Waals surface area contributed by atoms with Crippen molar-refractivity contribution in [1.29, 1.82) is 0 Å². The first-order valence-electron chi connectivity index (χ1n) is 3.59. The highest BCUT2D eigenvalue weighted by molar-refractivity contribution is 5.66. The molecule has 0 aromatic carbocycles. The van der Waals surface area contributed by atoms with Gasteiger partial charge < -0.3 is 15.2 Å². The van der Waals surface area contributed by atoms with E-state index >= 15 is 0 Å². The third-order valence-corrected chi connectivity index (χ3v) is 1.35. The largest absolute Gasteiger partial charge is 0.493 e. The van der Waals surface area contributed by atoms with Crippen LogP contribution in [0, 0.1) is 0 Å². The second kappa shape index (κ2) is 3.70. The van der Waals surface area contributed by atoms with Gasteiger partial charge in [0.2, 0.25) is 5.88 Å². The van der Waals surface area contributed by atoms with Crippen LogP contribution in [0.2, 0.25) is 0 Å². The molecule has 0 unspecified atom stereocenters. The number of H-pyrrole nitrogens is 1. The van der Waals surface area contributed by atoms with E-state index in [-0.39, 0.29) is 18.7 Å². The molecule has 70 valence electrons. The van der Waals surface area contributed by atoms with Crippen molar-refractivity contribution < 1.29 is 15.0 Å². The first-order valence-corrected chi connectivity index (χ1v) is 3.59. The van der Waals surface area contributed by atoms with E-state index < -0.39 is 17.4 Å². The number of nitrogens with zero attached hydrogens (tertiary/aromatic N) is 1. The molecule has 1 aromatic heterocycles. The number of carboxylic acid groups (broad SMARTS) is 1. The number of aromatic hydroxyl groups is 1. The standard InChI is InChI=1S/C7H8N2O4/c10-5-3-6(11)9-4(8-5)1-2-7(12)13/h3H,1-2H2,(H,12,13)(H2,8,9,10,11). The van der Waals surface area contributed by atoms with Gasteiger partial charge in [0.05, 0.1) is 12.5 Å². The Morgan fingerprint density at radius 2 is 2.31 bits per heavy atom. The third kappa shape index (κ3) is 2.94. The lowest BCUT2D eigenvalue weighted by atomic mass is 10.3. The van der Waals surface area contributed by atoms with Crippen molar-refractivity contribution in [3.8, 4) is 5.88 Å². The van der Waals surface area contributed by atoms with Crippen molar-refractivity contribution in [2.24, 2.45) is 0 Å². The van der Waals surface area contributed by atoms with E-state index in [1.165, 1.54) is 0 Å². The van der Waals surface area contributed by atoms with Crippen molar-refractivity contribution in [2.75, 3.05) is 0 Å². The summed E-state index contributed by atoms with van der Waals surface area (Å²) in [7, 11) is 0. The normalized spacial score (nSPS) is 9.85. The fourth-order valence-corrected chi connectivity index (χ4v) is 0.838. The van der Waals surface area contributed by atoms with Gasteiger partial charge in [-0.2, -0.15) is 0 Å². The molecule has 0 spiro atoms. The molecule has 13 heavy (non-hydrogen) atoms. The van der Waals surface area contributed by atoms with Crippen LogP contribution in [0.1, 0.15) is 12.2 Å². The Hall–Kier alpha value is -1.85. The van der Waals surface area contributed by atoms with Crippen molar-refractivity contribution >= 4 is 5.97 Å². The first-order chi connectivity index (χ1) is 6.08. The maximum absolute atomic E-state index is 10.8. The number of rotatable bonds is 3. The van der Waals surface area contributed by atoms with E-state index in [2.05, 4.69) is 9.97 Å². The summed E-state index contributed by atoms with van der Waals surface area (Å²) in [6.45, 7) is 0. The highest BCUT2D eigenvalue weighted by Crippen LogP contribution is 2.00. The number of hydrogen-bond acceptors (Lipinski definition) is 4. The van der Waals surface area contributed by atoms with Crippen LogP contribution in [0.15, 0.2) is 10.9 Å². The zero-order valence-electron chi connectivity index (χ0n) is 6.65. The van der Waals surface area contributed by atoms with E-state index in [0.717, 1.165) is 6.07 Å². The summed E-state index contributed by atoms with van der Waals surface area (Å²) in [5, 5.41) is 17.2. The third-order valence-electron chi connectivity index (χ3n) is 1.35. The summed E-state index contributed by atoms with van der Waals surface area (Å²) < 4.78 is 0. The minimum absolute atomic E-state index is 0.0962. The smallest absolute Gasteiger partial charge is 0.303 e. The molecular weight excluding hydrogens is 176 g/mol. The number of carboxylic acids is 1. The van der Waals surface area contributed by atoms with Gasteiger partial charge in [0, 0.05) is 6.42 Å². The van der Waals surface area contributed by atoms with Crippen LogP contribution in [0.3, 0.4) is 0 Å². The van der Waals surface area contributed by atoms with Crippen LogP contribution in [0.25, 0.3) is 0 Å². The van der Waals surface area contributed by atoms with E-state index in [9.17, 15) is 9.59 Å². The second-order valence-electron chi connectivity index (χ2n) is 2.44. The summed E-state index contributed by atoms with van der Waals surface area (Å²) in [4.78, 5) is 26.8. The van der Waals surface area contributed by atoms with Crippen molar-refractivity contribution in [2.45, 2.75) is 12.8 Å². The number of aromatic nitrogens is 2. The molecule has 3 N–H and O–H groups in total. The van der Waals surface area contributed by atoms with Gasteiger partial charge in [-0.15, -0.1) is 0 Å². The van der Waals surface area contributed by atoms with Crippen molar-refractivity contribution in [1.82, 2.24) is 9.97 Å². The summed E-state index contributed by atoms with van der Waals surface area (Å²) in [5.41, 5.74) is -0.493. The van der Waals surface area contributed by atoms with Crippen LogP contribution in [-0.2, 0) is 11.2 Å². The topological polar surface area (TPSA) is 103 Å². The van der Waals surface area contributed by atoms with Gasteiger partial charge in [0.15, 0.2) is 0 Å². The molecule has 1 rings (SSSR count). The van der Waals surface area contributed by atoms with Crippen LogP contribution in [0.5, 0.6) is 5.88 Å². The zero-order chi connectivity index (χ0) is 9.84. The number of aromatic amines is 1. The predicted octanol–water partition coefficient (Wildman–Crippen LogP) is -0.507. The minimum atomic E-state index is -0.981. The molecule has 6 heteroatoms. The molecule has 0 fully saturated rings. The van der Waals surface area contributed by atoms with Gasteiger partial charge in [0.25, 0.3) is 5.56 Å². The van der Waals surface area contributed by atoms with Crippen LogP contribution < -0.4 is 5.56 Å². The lowest BCUT2D eigenvalue weighted by Crippen LogP contribution is -2.10. The van der Waals surface area contributed by atoms with Crippen molar-refractivity contribution in [3.05, 3.63) is 22.2 Å². The Bertz CT molecular complexity index is 371. The lowest BCUT2D eigenvalue weighted by Gasteiger charge is -1.97. The van der Waals surface area contributed by atoms with E-state index in [4.69, 9.17) is 10.2 Å². The van der Waals surface area contributed by atoms with Gasteiger partial charge in [-0.25, -0.2) is 4.98 Å². The Morgan fingerprint density at radius 3 is 2.85 bits per heavy atom. The monoisotopic (exact) mass is 184 g/mol. The Labute approximate surface area is 72.9 Å². The molecule has 6 nitrogen and oxygen atoms in total. The molecule has 0 aliphatic heterocycles. The fourth-order valence-electron chi connectivity index (χ4n) is 0.838. The number of hydrogen-bond donors (Lipinski definition) is 3. The van der Waals surface area contributed by atoms with Gasteiger partial charge in [-0.1, -0.05) is 0 Å². The number of aryl methyl sites for hydroxylation is 1. The van der Waals surface area contributed by atoms with E-state index in [1.807, 2.05) is 0 Å². The molecule has 0 radical (unpaired) electrons. The number of nitrogens with one attached hydrogen (secondary N) is 1. The summed E-state index contributed by atoms with van der Waals surface area (Å²) >= 11 is 0. The summed E-state index contributed by atoms with van der Waals surface area (Å²) in [6.07, 6.45) is -0.0363. The highest BCUT2D eigenvalue weighted by Gasteiger charge is 2.02. The van der Waals surface area contributed by atoms with Crippen molar-refractivity contribution in [3.63, 3.8) is 0 Å². The van der Waals surface area contributed by atoms with E-state index in [0.29, 0.717) is 0 Å². The molecule has 1 aromatic rings. The Balaban J connectivity index is 2.77. The fraction of sp³-hybridized carbons (Fsp3) is 0.286. The first kappa shape index (κ1) is 9.24. The highest BCUT2D eigenvalue weighted by atomic mass is 16.4. The molecule has 0 atom stereocenters. The summed E-state index contributed by atoms with van der Waals surface area (Å²) in [6, 6.07) is 0.921. The number of aliphatic carboxylic acids is 1. The molecule has 0 amide bonds. The maximum atomic E-state index is 10.8.